The van der Waals surface area contributed by atoms with Crippen molar-refractivity contribution in [3.63, 3.8) is 0 Å². The average Bonchev–Trinajstić information content (AvgIpc) is 2.18. The van der Waals surface area contributed by atoms with Crippen molar-refractivity contribution in [2.24, 2.45) is 0 Å². The summed E-state index contributed by atoms with van der Waals surface area (Å²) in [7, 11) is 3.88. The Labute approximate surface area is 97.8 Å². The van der Waals surface area contributed by atoms with Gasteiger partial charge in [-0.15, -0.1) is 0 Å². The van der Waals surface area contributed by atoms with E-state index >= 15 is 0 Å². The number of nitrogens with one attached hydrogen (secondary N) is 1. The molecule has 82 valence electrons. The van der Waals surface area contributed by atoms with E-state index < -0.39 is 0 Å². The Morgan fingerprint density at radius 3 is 2.93 bits per heavy atom. The third kappa shape index (κ3) is 4.40. The minimum atomic E-state index is -0.00241. The molecular formula is C10H14BrN3O. The molecule has 4 nitrogen and oxygen atoms in total. The Hall–Kier alpha value is -0.940. The zero-order valence-corrected chi connectivity index (χ0v) is 10.4. The van der Waals surface area contributed by atoms with E-state index in [0.29, 0.717) is 16.7 Å². The zero-order valence-electron chi connectivity index (χ0n) is 8.83. The third-order valence-electron chi connectivity index (χ3n) is 1.82. The van der Waals surface area contributed by atoms with E-state index in [4.69, 9.17) is 0 Å². The molecule has 1 N–H and O–H groups in total. The molecule has 0 saturated carbocycles. The van der Waals surface area contributed by atoms with E-state index in [0.717, 1.165) is 6.54 Å². The first kappa shape index (κ1) is 12.1. The molecule has 1 heterocycles. The van der Waals surface area contributed by atoms with Gasteiger partial charge in [-0.25, -0.2) is 4.98 Å². The number of anilines is 1. The van der Waals surface area contributed by atoms with Gasteiger partial charge in [-0.1, -0.05) is 0 Å². The molecule has 1 aromatic heterocycles. The number of nitrogens with zero attached hydrogens (tertiary/aromatic N) is 2. The fraction of sp³-hybridized carbons (Fsp3) is 0.400. The van der Waals surface area contributed by atoms with Gasteiger partial charge in [-0.05, 0) is 42.2 Å². The van der Waals surface area contributed by atoms with Crippen LogP contribution in [-0.4, -0.2) is 36.4 Å². The summed E-state index contributed by atoms with van der Waals surface area (Å²) in [6.07, 6.45) is 2.15. The van der Waals surface area contributed by atoms with Gasteiger partial charge in [-0.3, -0.25) is 4.79 Å². The number of hydrogen-bond donors (Lipinski definition) is 1. The molecule has 0 aliphatic heterocycles. The highest BCUT2D eigenvalue weighted by Gasteiger charge is 2.05. The van der Waals surface area contributed by atoms with Crippen molar-refractivity contribution in [2.45, 2.75) is 6.42 Å². The molecule has 15 heavy (non-hydrogen) atoms. The van der Waals surface area contributed by atoms with Gasteiger partial charge in [0.2, 0.25) is 5.91 Å². The lowest BCUT2D eigenvalue weighted by molar-refractivity contribution is -0.116. The molecule has 0 saturated heterocycles. The topological polar surface area (TPSA) is 45.2 Å². The van der Waals surface area contributed by atoms with Crippen molar-refractivity contribution < 1.29 is 4.79 Å². The SMILES string of the molecule is CN(C)CCC(=O)Nc1cccnc1Br. The van der Waals surface area contributed by atoms with Crippen LogP contribution >= 0.6 is 15.9 Å². The van der Waals surface area contributed by atoms with Crippen LogP contribution in [0.5, 0.6) is 0 Å². The molecule has 0 bridgehead atoms. The van der Waals surface area contributed by atoms with Gasteiger partial charge in [0, 0.05) is 19.2 Å². The molecule has 1 amide bonds. The Balaban J connectivity index is 2.48. The van der Waals surface area contributed by atoms with Crippen LogP contribution in [-0.2, 0) is 4.79 Å². The summed E-state index contributed by atoms with van der Waals surface area (Å²) in [6, 6.07) is 3.59. The largest absolute Gasteiger partial charge is 0.324 e. The number of hydrogen-bond acceptors (Lipinski definition) is 3. The summed E-state index contributed by atoms with van der Waals surface area (Å²) in [5.41, 5.74) is 0.709. The highest BCUT2D eigenvalue weighted by molar-refractivity contribution is 9.10. The Kier molecular flexibility index (Phi) is 4.71. The lowest BCUT2D eigenvalue weighted by Gasteiger charge is -2.10. The van der Waals surface area contributed by atoms with Crippen LogP contribution in [0.25, 0.3) is 0 Å². The molecule has 1 aromatic rings. The van der Waals surface area contributed by atoms with Gasteiger partial charge in [0.25, 0.3) is 0 Å². The Morgan fingerprint density at radius 2 is 2.33 bits per heavy atom. The number of rotatable bonds is 4. The molecule has 0 aliphatic carbocycles. The standard InChI is InChI=1S/C10H14BrN3O/c1-14(2)7-5-9(15)13-8-4-3-6-12-10(8)11/h3-4,6H,5,7H2,1-2H3,(H,13,15). The highest BCUT2D eigenvalue weighted by Crippen LogP contribution is 2.18. The van der Waals surface area contributed by atoms with Gasteiger partial charge in [0.05, 0.1) is 5.69 Å². The van der Waals surface area contributed by atoms with Crippen molar-refractivity contribution >= 4 is 27.5 Å². The van der Waals surface area contributed by atoms with Gasteiger partial charge in [0.15, 0.2) is 0 Å². The van der Waals surface area contributed by atoms with Crippen LogP contribution in [0.3, 0.4) is 0 Å². The van der Waals surface area contributed by atoms with Gasteiger partial charge in [0.1, 0.15) is 4.60 Å². The summed E-state index contributed by atoms with van der Waals surface area (Å²) in [5.74, 6) is -0.00241. The number of carbonyl (C=O) groups is 1. The lowest BCUT2D eigenvalue weighted by atomic mass is 10.3. The average molecular weight is 272 g/mol. The molecule has 0 radical (unpaired) electrons. The second kappa shape index (κ2) is 5.82. The van der Waals surface area contributed by atoms with Crippen LogP contribution < -0.4 is 5.32 Å². The number of amides is 1. The van der Waals surface area contributed by atoms with Gasteiger partial charge < -0.3 is 10.2 Å². The van der Waals surface area contributed by atoms with E-state index in [1.165, 1.54) is 0 Å². The van der Waals surface area contributed by atoms with E-state index in [9.17, 15) is 4.79 Å². The van der Waals surface area contributed by atoms with Crippen molar-refractivity contribution in [3.05, 3.63) is 22.9 Å². The Morgan fingerprint density at radius 1 is 1.60 bits per heavy atom. The first-order valence-electron chi connectivity index (χ1n) is 4.64. The first-order chi connectivity index (χ1) is 7.09. The van der Waals surface area contributed by atoms with Crippen molar-refractivity contribution in [1.29, 1.82) is 0 Å². The highest BCUT2D eigenvalue weighted by atomic mass is 79.9. The molecule has 1 rings (SSSR count). The summed E-state index contributed by atoms with van der Waals surface area (Å²) in [5, 5.41) is 2.79. The minimum absolute atomic E-state index is 0.00241. The molecule has 0 aliphatic rings. The maximum absolute atomic E-state index is 11.5. The van der Waals surface area contributed by atoms with Gasteiger partial charge in [-0.2, -0.15) is 0 Å². The van der Waals surface area contributed by atoms with Crippen LogP contribution in [0.4, 0.5) is 5.69 Å². The molecule has 0 atom stereocenters. The first-order valence-corrected chi connectivity index (χ1v) is 5.44. The van der Waals surface area contributed by atoms with E-state index in [1.807, 2.05) is 25.1 Å². The lowest BCUT2D eigenvalue weighted by Crippen LogP contribution is -2.21. The second-order valence-corrected chi connectivity index (χ2v) is 4.19. The monoisotopic (exact) mass is 271 g/mol. The molecule has 0 aromatic carbocycles. The minimum Gasteiger partial charge on any atom is -0.324 e. The fourth-order valence-corrected chi connectivity index (χ4v) is 1.37. The van der Waals surface area contributed by atoms with E-state index in [2.05, 4.69) is 26.2 Å². The number of carbonyl (C=O) groups excluding carboxylic acids is 1. The summed E-state index contributed by atoms with van der Waals surface area (Å²) in [4.78, 5) is 17.5. The van der Waals surface area contributed by atoms with Crippen molar-refractivity contribution in [2.75, 3.05) is 26.0 Å². The quantitative estimate of drug-likeness (QED) is 0.849. The van der Waals surface area contributed by atoms with E-state index in [1.54, 1.807) is 12.3 Å². The molecule has 5 heteroatoms. The smallest absolute Gasteiger partial charge is 0.225 e. The molecule has 0 unspecified atom stereocenters. The predicted molar refractivity (Wildman–Crippen MR) is 63.7 cm³/mol. The van der Waals surface area contributed by atoms with E-state index in [-0.39, 0.29) is 5.91 Å². The number of halogens is 1. The third-order valence-corrected chi connectivity index (χ3v) is 2.45. The van der Waals surface area contributed by atoms with Crippen LogP contribution in [0.1, 0.15) is 6.42 Å². The maximum atomic E-state index is 11.5. The second-order valence-electron chi connectivity index (χ2n) is 3.44. The van der Waals surface area contributed by atoms with Crippen LogP contribution in [0.2, 0.25) is 0 Å². The number of aromatic nitrogens is 1. The number of pyridine rings is 1. The van der Waals surface area contributed by atoms with Crippen molar-refractivity contribution in [3.8, 4) is 0 Å². The summed E-state index contributed by atoms with van der Waals surface area (Å²) < 4.78 is 0.656. The van der Waals surface area contributed by atoms with Crippen LogP contribution in [0.15, 0.2) is 22.9 Å². The molecule has 0 fully saturated rings. The maximum Gasteiger partial charge on any atom is 0.225 e. The fourth-order valence-electron chi connectivity index (χ4n) is 1.02. The van der Waals surface area contributed by atoms with Gasteiger partial charge >= 0.3 is 0 Å². The normalized spacial score (nSPS) is 10.4. The molecular weight excluding hydrogens is 258 g/mol. The molecule has 0 spiro atoms. The van der Waals surface area contributed by atoms with Crippen LogP contribution in [0, 0.1) is 0 Å². The summed E-state index contributed by atoms with van der Waals surface area (Å²) in [6.45, 7) is 0.740. The summed E-state index contributed by atoms with van der Waals surface area (Å²) >= 11 is 3.27. The zero-order chi connectivity index (χ0) is 11.3. The van der Waals surface area contributed by atoms with Crippen molar-refractivity contribution in [1.82, 2.24) is 9.88 Å². The Bertz CT molecular complexity index is 341. The predicted octanol–water partition coefficient (Wildman–Crippen LogP) is 1.73.